The minimum atomic E-state index is -1.01. The summed E-state index contributed by atoms with van der Waals surface area (Å²) >= 11 is 0. The van der Waals surface area contributed by atoms with Crippen LogP contribution in [0.5, 0.6) is 0 Å². The summed E-state index contributed by atoms with van der Waals surface area (Å²) in [6.45, 7) is 2.20. The monoisotopic (exact) mass is 483 g/mol. The normalized spacial score (nSPS) is 11.6. The van der Waals surface area contributed by atoms with Crippen molar-refractivity contribution >= 4 is 23.2 Å². The molecule has 0 saturated heterocycles. The number of aliphatic imine (C=N–C) groups is 1. The molecule has 0 spiro atoms. The van der Waals surface area contributed by atoms with Crippen molar-refractivity contribution in [3.63, 3.8) is 0 Å². The van der Waals surface area contributed by atoms with Crippen LogP contribution in [0, 0.1) is 11.6 Å². The molecule has 2 aromatic rings. The molecular formula is C23H31F2N3O6. The van der Waals surface area contributed by atoms with Gasteiger partial charge in [0.05, 0.1) is 13.0 Å². The van der Waals surface area contributed by atoms with Gasteiger partial charge in [0.1, 0.15) is 11.6 Å². The standard InChI is InChI=1S/C11H10FNO.C10H9FO3.C2H6O.H4N2.H2O/c12-9-3-1-8(2-4-9)11-6-5-10(14)7-13-11;11-8-3-1-7(2-4-8)9(12)5-6-10(13)14;1-2-3;1-2;/h1-4H,5-7H2;1-4H,5-6H2,(H,13,14);3H,2H2,1H3;1-2H2;1H2. The van der Waals surface area contributed by atoms with Crippen LogP contribution in [0.25, 0.3) is 0 Å². The molecule has 1 aliphatic rings. The number of halogens is 2. The zero-order valence-electron chi connectivity index (χ0n) is 18.8. The number of carbonyl (C=O) groups is 3. The fourth-order valence-electron chi connectivity index (χ4n) is 2.48. The maximum atomic E-state index is 12.6. The molecule has 188 valence electrons. The molecule has 11 heteroatoms. The van der Waals surface area contributed by atoms with E-state index in [1.807, 2.05) is 0 Å². The van der Waals surface area contributed by atoms with Crippen LogP contribution in [0.3, 0.4) is 0 Å². The lowest BCUT2D eigenvalue weighted by Gasteiger charge is -2.10. The Kier molecular flexibility index (Phi) is 18.4. The largest absolute Gasteiger partial charge is 0.481 e. The maximum Gasteiger partial charge on any atom is 0.303 e. The number of hydrogen-bond donors (Lipinski definition) is 4. The number of hydrogen-bond acceptors (Lipinski definition) is 7. The van der Waals surface area contributed by atoms with Gasteiger partial charge in [-0.25, -0.2) is 8.78 Å². The lowest BCUT2D eigenvalue weighted by atomic mass is 10.0. The number of carboxylic acids is 1. The first-order valence-electron chi connectivity index (χ1n) is 10.0. The third-order valence-electron chi connectivity index (χ3n) is 4.00. The molecule has 0 saturated carbocycles. The number of nitrogens with two attached hydrogens (primary N) is 2. The Hall–Kier alpha value is -3.38. The van der Waals surface area contributed by atoms with Crippen molar-refractivity contribution in [2.24, 2.45) is 16.7 Å². The number of Topliss-reactive ketones (excluding diaryl/α,β-unsaturated/α-hetero) is 2. The van der Waals surface area contributed by atoms with Gasteiger partial charge in [0.2, 0.25) is 0 Å². The third kappa shape index (κ3) is 13.9. The van der Waals surface area contributed by atoms with Gasteiger partial charge in [0.15, 0.2) is 11.6 Å². The second-order valence-corrected chi connectivity index (χ2v) is 6.45. The topological polar surface area (TPSA) is 188 Å². The number of aliphatic carboxylic acids is 1. The molecule has 0 aliphatic carbocycles. The number of aliphatic hydroxyl groups excluding tert-OH is 1. The first kappa shape index (κ1) is 32.8. The highest BCUT2D eigenvalue weighted by molar-refractivity contribution is 6.05. The Morgan fingerprint density at radius 1 is 0.941 bits per heavy atom. The summed E-state index contributed by atoms with van der Waals surface area (Å²) in [6.07, 6.45) is 0.970. The summed E-state index contributed by atoms with van der Waals surface area (Å²) < 4.78 is 25.1. The summed E-state index contributed by atoms with van der Waals surface area (Å²) in [5.41, 5.74) is 2.16. The van der Waals surface area contributed by atoms with E-state index in [0.717, 1.165) is 11.3 Å². The van der Waals surface area contributed by atoms with Gasteiger partial charge in [0.25, 0.3) is 0 Å². The number of aliphatic hydroxyl groups is 1. The molecule has 1 heterocycles. The zero-order chi connectivity index (χ0) is 25.2. The van der Waals surface area contributed by atoms with Crippen LogP contribution in [0.1, 0.15) is 48.5 Å². The highest BCUT2D eigenvalue weighted by Crippen LogP contribution is 2.12. The molecule has 0 bridgehead atoms. The van der Waals surface area contributed by atoms with Crippen LogP contribution in [0.15, 0.2) is 53.5 Å². The molecule has 9 nitrogen and oxygen atoms in total. The summed E-state index contributed by atoms with van der Waals surface area (Å²) in [6, 6.07) is 11.3. The van der Waals surface area contributed by atoms with Crippen molar-refractivity contribution < 1.29 is 38.9 Å². The maximum absolute atomic E-state index is 12.6. The number of hydrazine groups is 1. The minimum Gasteiger partial charge on any atom is -0.481 e. The fraction of sp³-hybridized carbons (Fsp3) is 0.304. The number of rotatable bonds is 5. The Labute approximate surface area is 196 Å². The summed E-state index contributed by atoms with van der Waals surface area (Å²) in [5, 5.41) is 15.9. The SMILES string of the molecule is CCO.NN.O.O=C(O)CCC(=O)c1ccc(F)cc1.O=C1CCC(c2ccc(F)cc2)=NC1. The average Bonchev–Trinajstić information content (AvgIpc) is 2.81. The van der Waals surface area contributed by atoms with Crippen molar-refractivity contribution in [3.05, 3.63) is 71.3 Å². The molecule has 0 amide bonds. The first-order valence-corrected chi connectivity index (χ1v) is 10.0. The van der Waals surface area contributed by atoms with Crippen LogP contribution in [0.4, 0.5) is 8.78 Å². The Bertz CT molecular complexity index is 904. The average molecular weight is 484 g/mol. The number of nitrogens with zero attached hydrogens (tertiary/aromatic N) is 1. The Balaban J connectivity index is 0. The van der Waals surface area contributed by atoms with E-state index >= 15 is 0 Å². The zero-order valence-corrected chi connectivity index (χ0v) is 18.8. The fourth-order valence-corrected chi connectivity index (χ4v) is 2.48. The molecule has 3 rings (SSSR count). The number of carboxylic acid groups (broad SMARTS) is 1. The van der Waals surface area contributed by atoms with Crippen molar-refractivity contribution in [2.45, 2.75) is 32.6 Å². The lowest BCUT2D eigenvalue weighted by molar-refractivity contribution is -0.137. The van der Waals surface area contributed by atoms with E-state index in [1.165, 1.54) is 36.4 Å². The van der Waals surface area contributed by atoms with Gasteiger partial charge < -0.3 is 15.7 Å². The molecule has 8 N–H and O–H groups in total. The molecule has 2 aromatic carbocycles. The molecule has 0 atom stereocenters. The first-order chi connectivity index (χ1) is 15.8. The second kappa shape index (κ2) is 19.1. The highest BCUT2D eigenvalue weighted by Gasteiger charge is 2.13. The highest BCUT2D eigenvalue weighted by atomic mass is 19.1. The van der Waals surface area contributed by atoms with Gasteiger partial charge in [-0.15, -0.1) is 0 Å². The van der Waals surface area contributed by atoms with Crippen LogP contribution < -0.4 is 11.7 Å². The molecule has 0 radical (unpaired) electrons. The molecule has 1 aliphatic heterocycles. The van der Waals surface area contributed by atoms with Crippen LogP contribution in [-0.4, -0.2) is 52.1 Å². The van der Waals surface area contributed by atoms with Crippen molar-refractivity contribution in [2.75, 3.05) is 13.2 Å². The predicted molar refractivity (Wildman–Crippen MR) is 124 cm³/mol. The van der Waals surface area contributed by atoms with Gasteiger partial charge in [-0.05, 0) is 55.3 Å². The predicted octanol–water partition coefficient (Wildman–Crippen LogP) is 1.84. The van der Waals surface area contributed by atoms with E-state index in [2.05, 4.69) is 16.7 Å². The third-order valence-corrected chi connectivity index (χ3v) is 4.00. The molecule has 0 unspecified atom stereocenters. The van der Waals surface area contributed by atoms with Gasteiger partial charge in [-0.1, -0.05) is 12.1 Å². The smallest absolute Gasteiger partial charge is 0.303 e. The van der Waals surface area contributed by atoms with Crippen LogP contribution >= 0.6 is 0 Å². The summed E-state index contributed by atoms with van der Waals surface area (Å²) in [5.74, 6) is 6.21. The van der Waals surface area contributed by atoms with Crippen molar-refractivity contribution in [1.29, 1.82) is 0 Å². The van der Waals surface area contributed by atoms with E-state index in [0.29, 0.717) is 18.4 Å². The number of ketones is 2. The van der Waals surface area contributed by atoms with E-state index in [-0.39, 0.29) is 48.9 Å². The summed E-state index contributed by atoms with van der Waals surface area (Å²) in [4.78, 5) is 36.5. The van der Waals surface area contributed by atoms with Crippen LogP contribution in [0.2, 0.25) is 0 Å². The van der Waals surface area contributed by atoms with Crippen LogP contribution in [-0.2, 0) is 9.59 Å². The quantitative estimate of drug-likeness (QED) is 0.283. The minimum absolute atomic E-state index is 0. The molecule has 0 fully saturated rings. The van der Waals surface area contributed by atoms with Gasteiger partial charge in [-0.2, -0.15) is 0 Å². The molecule has 0 aromatic heterocycles. The molecular weight excluding hydrogens is 452 g/mol. The Morgan fingerprint density at radius 3 is 1.82 bits per heavy atom. The van der Waals surface area contributed by atoms with Gasteiger partial charge in [0, 0.05) is 30.7 Å². The van der Waals surface area contributed by atoms with E-state index in [4.69, 9.17) is 10.2 Å². The van der Waals surface area contributed by atoms with E-state index in [1.54, 1.807) is 19.1 Å². The summed E-state index contributed by atoms with van der Waals surface area (Å²) in [7, 11) is 0. The van der Waals surface area contributed by atoms with Gasteiger partial charge in [-0.3, -0.25) is 31.1 Å². The van der Waals surface area contributed by atoms with Crippen molar-refractivity contribution in [3.8, 4) is 0 Å². The van der Waals surface area contributed by atoms with Crippen molar-refractivity contribution in [1.82, 2.24) is 0 Å². The second-order valence-electron chi connectivity index (χ2n) is 6.45. The number of benzene rings is 2. The van der Waals surface area contributed by atoms with Gasteiger partial charge >= 0.3 is 5.97 Å². The number of carbonyl (C=O) groups excluding carboxylic acids is 2. The molecule has 34 heavy (non-hydrogen) atoms. The lowest BCUT2D eigenvalue weighted by Crippen LogP contribution is -2.15. The Morgan fingerprint density at radius 2 is 1.41 bits per heavy atom. The van der Waals surface area contributed by atoms with E-state index in [9.17, 15) is 23.2 Å². The van der Waals surface area contributed by atoms with E-state index < -0.39 is 11.8 Å².